The zero-order chi connectivity index (χ0) is 33.8. The van der Waals surface area contributed by atoms with Gasteiger partial charge in [-0.25, -0.2) is 4.79 Å². The molecule has 4 aliphatic carbocycles. The number of hydrogen-bond donors (Lipinski definition) is 3. The third kappa shape index (κ3) is 4.84. The summed E-state index contributed by atoms with van der Waals surface area (Å²) in [6, 6.07) is 0. The first-order chi connectivity index (χ1) is 21.7. The minimum Gasteiger partial charge on any atom is -0.458 e. The lowest BCUT2D eigenvalue weighted by Gasteiger charge is -2.48. The molecule has 0 aliphatic heterocycles. The van der Waals surface area contributed by atoms with Crippen molar-refractivity contribution in [3.63, 3.8) is 0 Å². The van der Waals surface area contributed by atoms with Crippen LogP contribution in [0, 0.1) is 28.6 Å². The minimum atomic E-state index is -2.33. The summed E-state index contributed by atoms with van der Waals surface area (Å²) < 4.78 is 17.4. The number of allylic oxidation sites excluding steroid dienone is 1. The summed E-state index contributed by atoms with van der Waals surface area (Å²) >= 11 is 0. The molecule has 1 aromatic heterocycles. The second-order valence-electron chi connectivity index (χ2n) is 14.6. The standard InChI is InChI=1S/C36H51NO9/c1-8-11-12-13-14-15-26(38)45-35-18-21(5)34-17-20(4)29(39)36(34,43)30(40)22(16-23(31(34)41)28(35)33(35,6)7)19-44-32(42)27-24(9-2)37-46-25(27)10-3/h16-17,21,23,28-30,39-40,43H,8-15,18-19H2,1-7H3/t21-,23+,28-,29+,30-,34+,35+,36-/m1/s1. The summed E-state index contributed by atoms with van der Waals surface area (Å²) in [6.07, 6.45) is 6.32. The summed E-state index contributed by atoms with van der Waals surface area (Å²) in [5.41, 5.74) is -4.40. The molecule has 0 amide bonds. The maximum Gasteiger partial charge on any atom is 0.344 e. The Hall–Kier alpha value is -2.82. The van der Waals surface area contributed by atoms with Gasteiger partial charge in [-0.2, -0.15) is 0 Å². The van der Waals surface area contributed by atoms with Crippen LogP contribution < -0.4 is 0 Å². The van der Waals surface area contributed by atoms with Crippen LogP contribution in [0.15, 0.2) is 27.8 Å². The lowest BCUT2D eigenvalue weighted by molar-refractivity contribution is -0.191. The van der Waals surface area contributed by atoms with E-state index in [1.807, 2.05) is 34.6 Å². The van der Waals surface area contributed by atoms with E-state index in [2.05, 4.69) is 12.1 Å². The second-order valence-corrected chi connectivity index (χ2v) is 14.6. The normalized spacial score (nSPS) is 35.7. The molecule has 1 heterocycles. The van der Waals surface area contributed by atoms with Crippen LogP contribution in [-0.4, -0.2) is 68.2 Å². The molecule has 1 aromatic rings. The van der Waals surface area contributed by atoms with Crippen molar-refractivity contribution in [1.29, 1.82) is 0 Å². The van der Waals surface area contributed by atoms with E-state index in [0.29, 0.717) is 29.9 Å². The number of carbonyl (C=O) groups excluding carboxylic acids is 3. The molecule has 2 fully saturated rings. The molecule has 8 atom stereocenters. The Morgan fingerprint density at radius 2 is 1.76 bits per heavy atom. The average Bonchev–Trinajstić information content (AvgIpc) is 3.26. The van der Waals surface area contributed by atoms with E-state index in [9.17, 15) is 29.7 Å². The van der Waals surface area contributed by atoms with Gasteiger partial charge in [0.2, 0.25) is 0 Å². The monoisotopic (exact) mass is 641 g/mol. The number of unbranched alkanes of at least 4 members (excludes halogenated alkanes) is 4. The first-order valence-electron chi connectivity index (χ1n) is 17.1. The van der Waals surface area contributed by atoms with Gasteiger partial charge >= 0.3 is 11.9 Å². The van der Waals surface area contributed by atoms with Crippen molar-refractivity contribution in [1.82, 2.24) is 5.16 Å². The molecule has 3 N–H and O–H groups in total. The van der Waals surface area contributed by atoms with E-state index in [0.717, 1.165) is 32.1 Å². The van der Waals surface area contributed by atoms with Gasteiger partial charge in [0.25, 0.3) is 0 Å². The van der Waals surface area contributed by atoms with Gasteiger partial charge in [0, 0.05) is 30.1 Å². The van der Waals surface area contributed by atoms with Gasteiger partial charge in [0.15, 0.2) is 11.5 Å². The Labute approximate surface area is 271 Å². The minimum absolute atomic E-state index is 0.110. The van der Waals surface area contributed by atoms with Gasteiger partial charge < -0.3 is 29.3 Å². The third-order valence-electron chi connectivity index (χ3n) is 11.7. The fraction of sp³-hybridized carbons (Fsp3) is 0.722. The van der Waals surface area contributed by atoms with Crippen molar-refractivity contribution in [3.05, 3.63) is 40.3 Å². The third-order valence-corrected chi connectivity index (χ3v) is 11.7. The number of ketones is 1. The Morgan fingerprint density at radius 1 is 1.07 bits per heavy atom. The first kappa shape index (κ1) is 34.5. The first-order valence-corrected chi connectivity index (χ1v) is 17.1. The van der Waals surface area contributed by atoms with E-state index in [1.165, 1.54) is 0 Å². The van der Waals surface area contributed by atoms with Gasteiger partial charge in [0.1, 0.15) is 35.6 Å². The highest BCUT2D eigenvalue weighted by atomic mass is 16.6. The number of aromatic nitrogens is 1. The number of aliphatic hydroxyl groups is 3. The Morgan fingerprint density at radius 3 is 2.41 bits per heavy atom. The quantitative estimate of drug-likeness (QED) is 0.164. The number of nitrogens with zero attached hydrogens (tertiary/aromatic N) is 1. The van der Waals surface area contributed by atoms with Crippen molar-refractivity contribution in [3.8, 4) is 0 Å². The summed E-state index contributed by atoms with van der Waals surface area (Å²) in [7, 11) is 0. The SMILES string of the molecule is CCCCCCCC(=O)O[C@@]12C[C@@H](C)[C@]34C=C(C)[C@H](O)[C@@]3(O)[C@H](O)C(COC(=O)c3c(CC)noc3CC)=C[C@H](C4=O)[C@@H]1C2(C)C. The van der Waals surface area contributed by atoms with Crippen molar-refractivity contribution in [2.45, 2.75) is 130 Å². The van der Waals surface area contributed by atoms with Crippen LogP contribution in [0.3, 0.4) is 0 Å². The molecule has 4 aliphatic rings. The van der Waals surface area contributed by atoms with E-state index in [1.54, 1.807) is 19.1 Å². The van der Waals surface area contributed by atoms with Crippen LogP contribution in [0.2, 0.25) is 0 Å². The largest absolute Gasteiger partial charge is 0.458 e. The molecule has 10 heteroatoms. The molecule has 254 valence electrons. The highest BCUT2D eigenvalue weighted by Gasteiger charge is 2.83. The van der Waals surface area contributed by atoms with Crippen LogP contribution in [0.5, 0.6) is 0 Å². The van der Waals surface area contributed by atoms with Crippen molar-refractivity contribution >= 4 is 17.7 Å². The molecule has 10 nitrogen and oxygen atoms in total. The van der Waals surface area contributed by atoms with E-state index < -0.39 is 64.6 Å². The fourth-order valence-corrected chi connectivity index (χ4v) is 9.14. The van der Waals surface area contributed by atoms with Crippen LogP contribution in [0.25, 0.3) is 0 Å². The van der Waals surface area contributed by atoms with Crippen molar-refractivity contribution in [2.75, 3.05) is 6.61 Å². The molecule has 2 bridgehead atoms. The van der Waals surface area contributed by atoms with E-state index >= 15 is 0 Å². The zero-order valence-electron chi connectivity index (χ0n) is 28.4. The van der Waals surface area contributed by atoms with E-state index in [4.69, 9.17) is 14.0 Å². The highest BCUT2D eigenvalue weighted by molar-refractivity contribution is 5.96. The zero-order valence-corrected chi connectivity index (χ0v) is 28.4. The molecular weight excluding hydrogens is 590 g/mol. The Kier molecular flexibility index (Phi) is 9.25. The van der Waals surface area contributed by atoms with Gasteiger partial charge in [-0.1, -0.05) is 84.5 Å². The predicted molar refractivity (Wildman–Crippen MR) is 169 cm³/mol. The summed E-state index contributed by atoms with van der Waals surface area (Å²) in [6.45, 7) is 12.8. The van der Waals surface area contributed by atoms with Crippen LogP contribution in [0.1, 0.15) is 115 Å². The molecular formula is C36H51NO9. The topological polar surface area (TPSA) is 156 Å². The molecule has 0 radical (unpaired) electrons. The number of fused-ring (bicyclic) bond motifs is 3. The number of aliphatic hydroxyl groups excluding tert-OH is 2. The summed E-state index contributed by atoms with van der Waals surface area (Å²) in [4.78, 5) is 41.5. The maximum absolute atomic E-state index is 14.8. The Bertz CT molecular complexity index is 1420. The van der Waals surface area contributed by atoms with E-state index in [-0.39, 0.29) is 35.7 Å². The predicted octanol–water partition coefficient (Wildman–Crippen LogP) is 4.82. The van der Waals surface area contributed by atoms with Crippen molar-refractivity contribution in [2.24, 2.45) is 28.6 Å². The van der Waals surface area contributed by atoms with Crippen molar-refractivity contribution < 1.29 is 43.7 Å². The number of esters is 2. The maximum atomic E-state index is 14.8. The molecule has 5 rings (SSSR count). The summed E-state index contributed by atoms with van der Waals surface area (Å²) in [5.74, 6) is -2.88. The molecule has 0 unspecified atom stereocenters. The van der Waals surface area contributed by atoms with Crippen LogP contribution >= 0.6 is 0 Å². The summed E-state index contributed by atoms with van der Waals surface area (Å²) in [5, 5.41) is 39.8. The van der Waals surface area contributed by atoms with Gasteiger partial charge in [-0.15, -0.1) is 0 Å². The van der Waals surface area contributed by atoms with Gasteiger partial charge in [-0.3, -0.25) is 9.59 Å². The fourth-order valence-electron chi connectivity index (χ4n) is 9.14. The molecule has 0 aromatic carbocycles. The number of rotatable bonds is 12. The molecule has 2 saturated carbocycles. The Balaban J connectivity index is 1.52. The number of aryl methyl sites for hydroxylation is 2. The number of hydrogen-bond acceptors (Lipinski definition) is 10. The second kappa shape index (κ2) is 12.3. The number of carbonyl (C=O) groups is 3. The lowest BCUT2D eigenvalue weighted by atomic mass is 9.59. The smallest absolute Gasteiger partial charge is 0.344 e. The molecule has 1 spiro atoms. The van der Waals surface area contributed by atoms with Crippen LogP contribution in [0.4, 0.5) is 0 Å². The number of Topliss-reactive ketones (excluding diaryl/α,β-unsaturated/α-hetero) is 1. The number of ether oxygens (including phenoxy) is 2. The molecule has 46 heavy (non-hydrogen) atoms. The average molecular weight is 642 g/mol. The van der Waals surface area contributed by atoms with Crippen LogP contribution in [-0.2, 0) is 31.9 Å². The highest BCUT2D eigenvalue weighted by Crippen LogP contribution is 2.75. The lowest BCUT2D eigenvalue weighted by Crippen LogP contribution is -2.65. The van der Waals surface area contributed by atoms with Gasteiger partial charge in [0.05, 0.1) is 11.1 Å². The van der Waals surface area contributed by atoms with Gasteiger partial charge in [-0.05, 0) is 43.3 Å². The molecule has 0 saturated heterocycles.